The molecule has 0 atom stereocenters. The number of carboxylic acids is 1. The van der Waals surface area contributed by atoms with Gasteiger partial charge in [0, 0.05) is 21.7 Å². The zero-order valence-corrected chi connectivity index (χ0v) is 11.4. The van der Waals surface area contributed by atoms with Crippen LogP contribution in [0.15, 0.2) is 39.1 Å². The number of nitrogens with zero attached hydrogens (tertiary/aromatic N) is 1. The van der Waals surface area contributed by atoms with Gasteiger partial charge in [-0.15, -0.1) is 0 Å². The van der Waals surface area contributed by atoms with Crippen LogP contribution >= 0.6 is 23.4 Å². The summed E-state index contributed by atoms with van der Waals surface area (Å²) in [6.45, 7) is 1.69. The van der Waals surface area contributed by atoms with Gasteiger partial charge in [0.05, 0.1) is 5.56 Å². The lowest BCUT2D eigenvalue weighted by molar-refractivity contribution is 0.0693. The van der Waals surface area contributed by atoms with Gasteiger partial charge in [-0.05, 0) is 25.1 Å². The third kappa shape index (κ3) is 3.36. The van der Waals surface area contributed by atoms with Crippen LogP contribution in [0.4, 0.5) is 0 Å². The smallest absolute Gasteiger partial charge is 0.336 e. The summed E-state index contributed by atoms with van der Waals surface area (Å²) in [6.07, 6.45) is 0. The molecule has 0 spiro atoms. The van der Waals surface area contributed by atoms with E-state index in [9.17, 15) is 9.59 Å². The number of hydrogen-bond donors (Lipinski definition) is 2. The van der Waals surface area contributed by atoms with Crippen LogP contribution in [-0.2, 0) is 0 Å². The molecule has 2 rings (SSSR count). The minimum atomic E-state index is -1.08. The maximum Gasteiger partial charge on any atom is 0.336 e. The summed E-state index contributed by atoms with van der Waals surface area (Å²) >= 11 is 6.84. The number of carbonyl (C=O) groups is 1. The largest absolute Gasteiger partial charge is 0.478 e. The molecule has 0 aliphatic heterocycles. The van der Waals surface area contributed by atoms with Gasteiger partial charge in [-0.25, -0.2) is 9.78 Å². The Morgan fingerprint density at radius 2 is 2.16 bits per heavy atom. The van der Waals surface area contributed by atoms with Crippen LogP contribution in [-0.4, -0.2) is 21.0 Å². The van der Waals surface area contributed by atoms with Crippen molar-refractivity contribution in [3.63, 3.8) is 0 Å². The van der Waals surface area contributed by atoms with Crippen molar-refractivity contribution in [2.24, 2.45) is 0 Å². The van der Waals surface area contributed by atoms with Crippen molar-refractivity contribution in [1.82, 2.24) is 9.97 Å². The number of halogens is 1. The number of nitrogens with one attached hydrogen (secondary N) is 1. The Morgan fingerprint density at radius 3 is 2.79 bits per heavy atom. The van der Waals surface area contributed by atoms with E-state index < -0.39 is 5.97 Å². The van der Waals surface area contributed by atoms with Crippen molar-refractivity contribution >= 4 is 29.3 Å². The summed E-state index contributed by atoms with van der Waals surface area (Å²) in [4.78, 5) is 29.6. The zero-order chi connectivity index (χ0) is 14.0. The molecule has 7 heteroatoms. The minimum Gasteiger partial charge on any atom is -0.478 e. The first kappa shape index (κ1) is 13.6. The van der Waals surface area contributed by atoms with E-state index in [0.29, 0.717) is 20.8 Å². The third-order valence-electron chi connectivity index (χ3n) is 2.23. The van der Waals surface area contributed by atoms with E-state index in [4.69, 9.17) is 16.7 Å². The molecule has 0 saturated carbocycles. The maximum atomic E-state index is 11.3. The summed E-state index contributed by atoms with van der Waals surface area (Å²) in [5, 5.41) is 9.80. The van der Waals surface area contributed by atoms with Crippen molar-refractivity contribution in [3.8, 4) is 0 Å². The number of aromatic nitrogens is 2. The van der Waals surface area contributed by atoms with E-state index in [1.54, 1.807) is 19.1 Å². The first-order valence-electron chi connectivity index (χ1n) is 5.24. The maximum absolute atomic E-state index is 11.3. The van der Waals surface area contributed by atoms with Crippen LogP contribution in [0.1, 0.15) is 16.1 Å². The lowest BCUT2D eigenvalue weighted by Gasteiger charge is -2.05. The highest BCUT2D eigenvalue weighted by Crippen LogP contribution is 2.29. The van der Waals surface area contributed by atoms with Crippen molar-refractivity contribution in [3.05, 3.63) is 50.9 Å². The Kier molecular flexibility index (Phi) is 3.92. The molecular weight excluding hydrogens is 288 g/mol. The molecule has 0 aliphatic carbocycles. The third-order valence-corrected chi connectivity index (χ3v) is 3.42. The van der Waals surface area contributed by atoms with Gasteiger partial charge in [0.25, 0.3) is 5.56 Å². The van der Waals surface area contributed by atoms with Crippen LogP contribution in [0.5, 0.6) is 0 Å². The van der Waals surface area contributed by atoms with Crippen molar-refractivity contribution in [2.45, 2.75) is 17.0 Å². The Labute approximate surface area is 117 Å². The first-order chi connectivity index (χ1) is 8.95. The topological polar surface area (TPSA) is 83.0 Å². The zero-order valence-electron chi connectivity index (χ0n) is 9.81. The molecule has 19 heavy (non-hydrogen) atoms. The van der Waals surface area contributed by atoms with Crippen LogP contribution in [0.3, 0.4) is 0 Å². The van der Waals surface area contributed by atoms with Crippen LogP contribution in [0, 0.1) is 6.92 Å². The molecule has 1 aromatic carbocycles. The van der Waals surface area contributed by atoms with Crippen LogP contribution in [0.25, 0.3) is 0 Å². The second kappa shape index (κ2) is 5.46. The van der Waals surface area contributed by atoms with E-state index in [-0.39, 0.29) is 11.1 Å². The van der Waals surface area contributed by atoms with Gasteiger partial charge in [0.15, 0.2) is 5.16 Å². The highest BCUT2D eigenvalue weighted by atomic mass is 35.5. The predicted octanol–water partition coefficient (Wildman–Crippen LogP) is 2.58. The molecule has 0 fully saturated rings. The minimum absolute atomic E-state index is 0.0710. The van der Waals surface area contributed by atoms with Gasteiger partial charge < -0.3 is 10.1 Å². The van der Waals surface area contributed by atoms with Crippen molar-refractivity contribution < 1.29 is 9.90 Å². The number of hydrogen-bond acceptors (Lipinski definition) is 4. The van der Waals surface area contributed by atoms with Gasteiger partial charge in [-0.2, -0.15) is 0 Å². The molecule has 0 radical (unpaired) electrons. The van der Waals surface area contributed by atoms with Gasteiger partial charge >= 0.3 is 5.97 Å². The molecule has 0 saturated heterocycles. The molecule has 5 nitrogen and oxygen atoms in total. The van der Waals surface area contributed by atoms with E-state index in [1.807, 2.05) is 0 Å². The summed E-state index contributed by atoms with van der Waals surface area (Å²) < 4.78 is 0. The van der Waals surface area contributed by atoms with E-state index >= 15 is 0 Å². The number of benzene rings is 1. The average molecular weight is 297 g/mol. The molecule has 1 heterocycles. The van der Waals surface area contributed by atoms with Crippen LogP contribution in [0.2, 0.25) is 5.02 Å². The Morgan fingerprint density at radius 1 is 1.42 bits per heavy atom. The number of carboxylic acid groups (broad SMARTS) is 1. The number of aryl methyl sites for hydroxylation is 1. The molecule has 0 aliphatic rings. The molecule has 0 unspecified atom stereocenters. The van der Waals surface area contributed by atoms with E-state index in [1.165, 1.54) is 12.1 Å². The second-order valence-electron chi connectivity index (χ2n) is 3.74. The SMILES string of the molecule is Cc1cc(=O)[nH]c(Sc2ccc(Cl)cc2C(=O)O)n1. The lowest BCUT2D eigenvalue weighted by Crippen LogP contribution is -2.08. The van der Waals surface area contributed by atoms with Crippen molar-refractivity contribution in [2.75, 3.05) is 0 Å². The van der Waals surface area contributed by atoms with Gasteiger partial charge in [-0.1, -0.05) is 23.4 Å². The number of rotatable bonds is 3. The van der Waals surface area contributed by atoms with E-state index in [0.717, 1.165) is 11.8 Å². The highest BCUT2D eigenvalue weighted by Gasteiger charge is 2.13. The molecule has 0 amide bonds. The first-order valence-corrected chi connectivity index (χ1v) is 6.44. The lowest BCUT2D eigenvalue weighted by atomic mass is 10.2. The van der Waals surface area contributed by atoms with E-state index in [2.05, 4.69) is 9.97 Å². The van der Waals surface area contributed by atoms with Crippen LogP contribution < -0.4 is 5.56 Å². The standard InChI is InChI=1S/C12H9ClN2O3S/c1-6-4-10(16)15-12(14-6)19-9-3-2-7(13)5-8(9)11(17)18/h2-5H,1H3,(H,17,18)(H,14,15,16). The molecule has 1 aromatic heterocycles. The predicted molar refractivity (Wildman–Crippen MR) is 72.1 cm³/mol. The summed E-state index contributed by atoms with van der Waals surface area (Å²) in [7, 11) is 0. The fourth-order valence-electron chi connectivity index (χ4n) is 1.46. The second-order valence-corrected chi connectivity index (χ2v) is 5.21. The summed E-state index contributed by atoms with van der Waals surface area (Å²) in [5.41, 5.74) is 0.361. The quantitative estimate of drug-likeness (QED) is 0.851. The molecule has 0 bridgehead atoms. The van der Waals surface area contributed by atoms with Gasteiger partial charge in [0.1, 0.15) is 0 Å². The number of aromatic carboxylic acids is 1. The Bertz CT molecular complexity index is 700. The molecule has 2 N–H and O–H groups in total. The van der Waals surface area contributed by atoms with Crippen molar-refractivity contribution in [1.29, 1.82) is 0 Å². The monoisotopic (exact) mass is 296 g/mol. The normalized spacial score (nSPS) is 10.4. The van der Waals surface area contributed by atoms with Gasteiger partial charge in [0.2, 0.25) is 0 Å². The van der Waals surface area contributed by atoms with Gasteiger partial charge in [-0.3, -0.25) is 4.79 Å². The number of H-pyrrole nitrogens is 1. The number of aromatic amines is 1. The Hall–Kier alpha value is -1.79. The highest BCUT2D eigenvalue weighted by molar-refractivity contribution is 7.99. The fourth-order valence-corrected chi connectivity index (χ4v) is 2.58. The molecule has 2 aromatic rings. The fraction of sp³-hybridized carbons (Fsp3) is 0.0833. The average Bonchev–Trinajstić information content (AvgIpc) is 2.30. The Balaban J connectivity index is 2.43. The summed E-state index contributed by atoms with van der Waals surface area (Å²) in [5.74, 6) is -1.08. The molecule has 98 valence electrons. The molecular formula is C12H9ClN2O3S. The summed E-state index contributed by atoms with van der Waals surface area (Å²) in [6, 6.07) is 5.90.